The average Bonchev–Trinajstić information content (AvgIpc) is 2.41. The van der Waals surface area contributed by atoms with Gasteiger partial charge in [0.05, 0.1) is 0 Å². The highest BCUT2D eigenvalue weighted by atomic mass is 16.2. The second-order valence-corrected chi connectivity index (χ2v) is 3.50. The first kappa shape index (κ1) is 12.9. The summed E-state index contributed by atoms with van der Waals surface area (Å²) in [5.41, 5.74) is 3.97. The van der Waals surface area contributed by atoms with Crippen LogP contribution in [0.5, 0.6) is 0 Å². The molecule has 0 fully saturated rings. The van der Waals surface area contributed by atoms with Gasteiger partial charge in [-0.2, -0.15) is 9.59 Å². The molecule has 0 heterocycles. The molecule has 2 rings (SSSR count). The molecule has 0 saturated carbocycles. The number of aryl methyl sites for hydroxylation is 1. The van der Waals surface area contributed by atoms with Crippen LogP contribution in [-0.4, -0.2) is 6.15 Å². The highest BCUT2D eigenvalue weighted by Crippen LogP contribution is 2.19. The predicted octanol–water partition coefficient (Wildman–Crippen LogP) is 3.33. The fourth-order valence-electron chi connectivity index (χ4n) is 1.56. The molecular formula is C15H14O2. The maximum atomic E-state index is 8.12. The summed E-state index contributed by atoms with van der Waals surface area (Å²) in [4.78, 5) is 16.2. The van der Waals surface area contributed by atoms with Gasteiger partial charge in [0.1, 0.15) is 0 Å². The van der Waals surface area contributed by atoms with E-state index in [1.165, 1.54) is 16.7 Å². The van der Waals surface area contributed by atoms with Crippen molar-refractivity contribution in [2.75, 3.05) is 0 Å². The fourth-order valence-corrected chi connectivity index (χ4v) is 1.56. The lowest BCUT2D eigenvalue weighted by atomic mass is 10.0. The summed E-state index contributed by atoms with van der Waals surface area (Å²) in [5, 5.41) is 0. The van der Waals surface area contributed by atoms with Crippen LogP contribution in [0.1, 0.15) is 12.5 Å². The summed E-state index contributed by atoms with van der Waals surface area (Å²) in [7, 11) is 0. The molecule has 0 saturated heterocycles. The van der Waals surface area contributed by atoms with Gasteiger partial charge in [-0.15, -0.1) is 0 Å². The van der Waals surface area contributed by atoms with Crippen LogP contribution >= 0.6 is 0 Å². The summed E-state index contributed by atoms with van der Waals surface area (Å²) >= 11 is 0. The summed E-state index contributed by atoms with van der Waals surface area (Å²) in [6.45, 7) is 2.18. The van der Waals surface area contributed by atoms with Gasteiger partial charge >= 0.3 is 6.15 Å². The Kier molecular flexibility index (Phi) is 5.42. The Bertz CT molecular complexity index is 466. The Balaban J connectivity index is 0.000000437. The standard InChI is InChI=1S/C14H14.CO2/c1-2-12-8-10-14(11-9-12)13-6-4-3-5-7-13;2-1-3/h3-11H,2H2,1H3;. The van der Waals surface area contributed by atoms with Gasteiger partial charge in [-0.1, -0.05) is 61.5 Å². The van der Waals surface area contributed by atoms with Crippen molar-refractivity contribution in [1.29, 1.82) is 0 Å². The summed E-state index contributed by atoms with van der Waals surface area (Å²) in [6.07, 6.45) is 1.36. The van der Waals surface area contributed by atoms with E-state index < -0.39 is 0 Å². The van der Waals surface area contributed by atoms with E-state index in [0.717, 1.165) is 6.42 Å². The van der Waals surface area contributed by atoms with Crippen molar-refractivity contribution in [1.82, 2.24) is 0 Å². The maximum Gasteiger partial charge on any atom is 0.373 e. The minimum atomic E-state index is 0.250. The van der Waals surface area contributed by atoms with E-state index in [2.05, 4.69) is 55.5 Å². The molecule has 0 amide bonds. The van der Waals surface area contributed by atoms with Gasteiger partial charge in [-0.25, -0.2) is 0 Å². The fraction of sp³-hybridized carbons (Fsp3) is 0.133. The third-order valence-electron chi connectivity index (χ3n) is 2.47. The van der Waals surface area contributed by atoms with Crippen molar-refractivity contribution >= 4 is 6.15 Å². The van der Waals surface area contributed by atoms with Gasteiger partial charge in [0.25, 0.3) is 0 Å². The molecule has 17 heavy (non-hydrogen) atoms. The molecule has 0 N–H and O–H groups in total. The van der Waals surface area contributed by atoms with Gasteiger partial charge in [-0.3, -0.25) is 0 Å². The predicted molar refractivity (Wildman–Crippen MR) is 66.3 cm³/mol. The lowest BCUT2D eigenvalue weighted by Crippen LogP contribution is -1.80. The number of rotatable bonds is 2. The van der Waals surface area contributed by atoms with Crippen molar-refractivity contribution in [2.24, 2.45) is 0 Å². The third kappa shape index (κ3) is 4.06. The van der Waals surface area contributed by atoms with Gasteiger partial charge in [-0.05, 0) is 23.1 Å². The van der Waals surface area contributed by atoms with Crippen LogP contribution in [0.25, 0.3) is 11.1 Å². The third-order valence-corrected chi connectivity index (χ3v) is 2.47. The molecule has 0 atom stereocenters. The lowest BCUT2D eigenvalue weighted by molar-refractivity contribution is -0.191. The van der Waals surface area contributed by atoms with Gasteiger partial charge in [0, 0.05) is 0 Å². The largest absolute Gasteiger partial charge is 0.373 e. The van der Waals surface area contributed by atoms with E-state index in [0.29, 0.717) is 0 Å². The SMILES string of the molecule is CCc1ccc(-c2ccccc2)cc1.O=C=O. The smallest absolute Gasteiger partial charge is 0.186 e. The second-order valence-electron chi connectivity index (χ2n) is 3.50. The molecule has 2 aromatic rings. The summed E-state index contributed by atoms with van der Waals surface area (Å²) < 4.78 is 0. The molecule has 86 valence electrons. The molecule has 0 spiro atoms. The first-order valence-electron chi connectivity index (χ1n) is 5.45. The molecule has 0 aliphatic carbocycles. The van der Waals surface area contributed by atoms with Crippen LogP contribution < -0.4 is 0 Å². The van der Waals surface area contributed by atoms with Crippen LogP contribution in [0, 0.1) is 0 Å². The van der Waals surface area contributed by atoms with Gasteiger partial charge in [0.15, 0.2) is 0 Å². The van der Waals surface area contributed by atoms with E-state index in [4.69, 9.17) is 9.59 Å². The zero-order valence-corrected chi connectivity index (χ0v) is 9.72. The van der Waals surface area contributed by atoms with Crippen LogP contribution in [0.2, 0.25) is 0 Å². The molecule has 2 aromatic carbocycles. The Hall–Kier alpha value is -2.18. The molecule has 2 heteroatoms. The van der Waals surface area contributed by atoms with Crippen molar-refractivity contribution < 1.29 is 9.59 Å². The molecule has 0 radical (unpaired) electrons. The monoisotopic (exact) mass is 226 g/mol. The summed E-state index contributed by atoms with van der Waals surface area (Å²) in [5.74, 6) is 0. The minimum absolute atomic E-state index is 0.250. The van der Waals surface area contributed by atoms with Crippen LogP contribution in [0.3, 0.4) is 0 Å². The topological polar surface area (TPSA) is 34.1 Å². The molecule has 0 aromatic heterocycles. The Labute approximate surface area is 101 Å². The number of hydrogen-bond donors (Lipinski definition) is 0. The van der Waals surface area contributed by atoms with Gasteiger partial charge < -0.3 is 0 Å². The average molecular weight is 226 g/mol. The number of hydrogen-bond acceptors (Lipinski definition) is 2. The first-order chi connectivity index (χ1) is 8.31. The van der Waals surface area contributed by atoms with Crippen molar-refractivity contribution in [3.05, 3.63) is 60.2 Å². The van der Waals surface area contributed by atoms with E-state index in [1.54, 1.807) is 0 Å². The Morgan fingerprint density at radius 1 is 0.824 bits per heavy atom. The maximum absolute atomic E-state index is 8.12. The van der Waals surface area contributed by atoms with E-state index in [1.807, 2.05) is 6.07 Å². The van der Waals surface area contributed by atoms with E-state index in [9.17, 15) is 0 Å². The van der Waals surface area contributed by atoms with Crippen LogP contribution in [0.15, 0.2) is 54.6 Å². The highest BCUT2D eigenvalue weighted by Gasteiger charge is 1.95. The summed E-state index contributed by atoms with van der Waals surface area (Å²) in [6, 6.07) is 19.2. The molecule has 0 bridgehead atoms. The Morgan fingerprint density at radius 2 is 1.29 bits per heavy atom. The molecule has 0 unspecified atom stereocenters. The molecule has 0 aliphatic heterocycles. The van der Waals surface area contributed by atoms with Crippen LogP contribution in [0.4, 0.5) is 0 Å². The van der Waals surface area contributed by atoms with Gasteiger partial charge in [0.2, 0.25) is 0 Å². The van der Waals surface area contributed by atoms with Crippen molar-refractivity contribution in [3.63, 3.8) is 0 Å². The Morgan fingerprint density at radius 3 is 1.76 bits per heavy atom. The lowest BCUT2D eigenvalue weighted by Gasteiger charge is -2.02. The first-order valence-corrected chi connectivity index (χ1v) is 5.45. The zero-order chi connectivity index (χ0) is 12.5. The second kappa shape index (κ2) is 7.15. The number of carbonyl (C=O) groups excluding carboxylic acids is 2. The van der Waals surface area contributed by atoms with Crippen molar-refractivity contribution in [2.45, 2.75) is 13.3 Å². The minimum Gasteiger partial charge on any atom is -0.186 e. The van der Waals surface area contributed by atoms with E-state index >= 15 is 0 Å². The quantitative estimate of drug-likeness (QED) is 0.787. The molecular weight excluding hydrogens is 212 g/mol. The molecule has 0 aliphatic rings. The normalized spacial score (nSPS) is 8.76. The zero-order valence-electron chi connectivity index (χ0n) is 9.72. The van der Waals surface area contributed by atoms with Crippen LogP contribution in [-0.2, 0) is 16.0 Å². The van der Waals surface area contributed by atoms with E-state index in [-0.39, 0.29) is 6.15 Å². The number of benzene rings is 2. The van der Waals surface area contributed by atoms with Crippen molar-refractivity contribution in [3.8, 4) is 11.1 Å². The highest BCUT2D eigenvalue weighted by molar-refractivity contribution is 5.63. The molecule has 2 nitrogen and oxygen atoms in total.